The van der Waals surface area contributed by atoms with Gasteiger partial charge in [-0.25, -0.2) is 13.1 Å². The third kappa shape index (κ3) is 4.14. The van der Waals surface area contributed by atoms with Gasteiger partial charge in [0.2, 0.25) is 10.0 Å². The standard InChI is InChI=1S/C15H19NO3S2/c1-11-5-6-13(10-17)9-15(11)21(18,19)16-12(2)8-14-4-3-7-20-14/h3-7,9,12,16-17H,8,10H2,1-2H3. The van der Waals surface area contributed by atoms with Crippen LogP contribution in [0.3, 0.4) is 0 Å². The fraction of sp³-hybridized carbons (Fsp3) is 0.333. The van der Waals surface area contributed by atoms with Crippen LogP contribution in [0.5, 0.6) is 0 Å². The molecule has 0 saturated carbocycles. The highest BCUT2D eigenvalue weighted by atomic mass is 32.2. The second-order valence-corrected chi connectivity index (χ2v) is 7.78. The maximum Gasteiger partial charge on any atom is 0.241 e. The number of sulfonamides is 1. The average molecular weight is 325 g/mol. The van der Waals surface area contributed by atoms with E-state index in [1.807, 2.05) is 24.4 Å². The summed E-state index contributed by atoms with van der Waals surface area (Å²) in [7, 11) is -3.58. The Bertz CT molecular complexity index is 694. The van der Waals surface area contributed by atoms with Crippen molar-refractivity contribution < 1.29 is 13.5 Å². The van der Waals surface area contributed by atoms with Gasteiger partial charge in [0.25, 0.3) is 0 Å². The van der Waals surface area contributed by atoms with Crippen molar-refractivity contribution in [3.05, 3.63) is 51.7 Å². The summed E-state index contributed by atoms with van der Waals surface area (Å²) in [6.07, 6.45) is 0.662. The van der Waals surface area contributed by atoms with E-state index in [9.17, 15) is 8.42 Å². The number of nitrogens with one attached hydrogen (secondary N) is 1. The minimum atomic E-state index is -3.58. The van der Waals surface area contributed by atoms with Gasteiger partial charge >= 0.3 is 0 Å². The van der Waals surface area contributed by atoms with E-state index < -0.39 is 10.0 Å². The molecule has 1 heterocycles. The highest BCUT2D eigenvalue weighted by molar-refractivity contribution is 7.89. The van der Waals surface area contributed by atoms with Crippen LogP contribution in [0.15, 0.2) is 40.6 Å². The fourth-order valence-corrected chi connectivity index (χ4v) is 4.51. The van der Waals surface area contributed by atoms with Crippen LogP contribution in [0.1, 0.15) is 22.9 Å². The number of hydrogen-bond donors (Lipinski definition) is 2. The van der Waals surface area contributed by atoms with Crippen LogP contribution in [-0.2, 0) is 23.1 Å². The minimum Gasteiger partial charge on any atom is -0.392 e. The summed E-state index contributed by atoms with van der Waals surface area (Å²) in [5.74, 6) is 0. The van der Waals surface area contributed by atoms with Gasteiger partial charge in [-0.05, 0) is 48.9 Å². The third-order valence-corrected chi connectivity index (χ3v) is 5.80. The zero-order valence-corrected chi connectivity index (χ0v) is 13.7. The van der Waals surface area contributed by atoms with Crippen LogP contribution >= 0.6 is 11.3 Å². The van der Waals surface area contributed by atoms with E-state index in [4.69, 9.17) is 5.11 Å². The average Bonchev–Trinajstić information content (AvgIpc) is 2.91. The van der Waals surface area contributed by atoms with Crippen LogP contribution in [0.25, 0.3) is 0 Å². The largest absolute Gasteiger partial charge is 0.392 e. The lowest BCUT2D eigenvalue weighted by Crippen LogP contribution is -2.34. The lowest BCUT2D eigenvalue weighted by atomic mass is 10.2. The molecule has 4 nitrogen and oxygen atoms in total. The summed E-state index contributed by atoms with van der Waals surface area (Å²) in [5, 5.41) is 11.1. The summed E-state index contributed by atoms with van der Waals surface area (Å²) in [6, 6.07) is 8.72. The van der Waals surface area contributed by atoms with Gasteiger partial charge in [-0.2, -0.15) is 0 Å². The first kappa shape index (κ1) is 16.2. The second kappa shape index (κ2) is 6.70. The van der Waals surface area contributed by atoms with Crippen molar-refractivity contribution in [1.29, 1.82) is 0 Å². The lowest BCUT2D eigenvalue weighted by molar-refractivity contribution is 0.281. The smallest absolute Gasteiger partial charge is 0.241 e. The summed E-state index contributed by atoms with van der Waals surface area (Å²) < 4.78 is 27.6. The topological polar surface area (TPSA) is 66.4 Å². The number of aryl methyl sites for hydroxylation is 1. The minimum absolute atomic E-state index is 0.173. The molecule has 6 heteroatoms. The molecule has 1 atom stereocenters. The maximum absolute atomic E-state index is 12.5. The molecular formula is C15H19NO3S2. The van der Waals surface area contributed by atoms with Crippen molar-refractivity contribution >= 4 is 21.4 Å². The van der Waals surface area contributed by atoms with E-state index in [0.29, 0.717) is 17.5 Å². The van der Waals surface area contributed by atoms with Gasteiger partial charge in [0.15, 0.2) is 0 Å². The van der Waals surface area contributed by atoms with Crippen LogP contribution in [-0.4, -0.2) is 19.6 Å². The summed E-state index contributed by atoms with van der Waals surface area (Å²) in [6.45, 7) is 3.43. The monoisotopic (exact) mass is 325 g/mol. The zero-order chi connectivity index (χ0) is 15.5. The van der Waals surface area contributed by atoms with E-state index in [1.165, 1.54) is 6.07 Å². The summed E-state index contributed by atoms with van der Waals surface area (Å²) >= 11 is 1.61. The van der Waals surface area contributed by atoms with Gasteiger partial charge < -0.3 is 5.11 Å². The number of aliphatic hydroxyl groups is 1. The van der Waals surface area contributed by atoms with Crippen molar-refractivity contribution in [2.75, 3.05) is 0 Å². The van der Waals surface area contributed by atoms with Crippen molar-refractivity contribution in [3.63, 3.8) is 0 Å². The normalized spacial score (nSPS) is 13.3. The predicted molar refractivity (Wildman–Crippen MR) is 84.9 cm³/mol. The molecule has 0 amide bonds. The van der Waals surface area contributed by atoms with Gasteiger partial charge in [-0.15, -0.1) is 11.3 Å². The molecule has 1 unspecified atom stereocenters. The van der Waals surface area contributed by atoms with E-state index in [-0.39, 0.29) is 17.5 Å². The fourth-order valence-electron chi connectivity index (χ4n) is 2.13. The van der Waals surface area contributed by atoms with Crippen LogP contribution in [0.4, 0.5) is 0 Å². The van der Waals surface area contributed by atoms with Gasteiger partial charge in [-0.3, -0.25) is 0 Å². The van der Waals surface area contributed by atoms with Crippen molar-refractivity contribution in [1.82, 2.24) is 4.72 Å². The van der Waals surface area contributed by atoms with Gasteiger partial charge in [0, 0.05) is 10.9 Å². The van der Waals surface area contributed by atoms with E-state index in [0.717, 1.165) is 4.88 Å². The Kier molecular flexibility index (Phi) is 5.16. The molecule has 0 saturated heterocycles. The zero-order valence-electron chi connectivity index (χ0n) is 12.0. The molecule has 0 bridgehead atoms. The Morgan fingerprint density at radius 1 is 1.33 bits per heavy atom. The van der Waals surface area contributed by atoms with Crippen molar-refractivity contribution in [3.8, 4) is 0 Å². The van der Waals surface area contributed by atoms with Crippen molar-refractivity contribution in [2.45, 2.75) is 37.8 Å². The van der Waals surface area contributed by atoms with Crippen LogP contribution in [0.2, 0.25) is 0 Å². The molecule has 0 aliphatic carbocycles. The highest BCUT2D eigenvalue weighted by Crippen LogP contribution is 2.18. The highest BCUT2D eigenvalue weighted by Gasteiger charge is 2.20. The first-order valence-corrected chi connectivity index (χ1v) is 9.04. The number of hydrogen-bond acceptors (Lipinski definition) is 4. The number of rotatable bonds is 6. The SMILES string of the molecule is Cc1ccc(CO)cc1S(=O)(=O)NC(C)Cc1cccs1. The molecule has 1 aromatic heterocycles. The van der Waals surface area contributed by atoms with Crippen molar-refractivity contribution in [2.24, 2.45) is 0 Å². The third-order valence-electron chi connectivity index (χ3n) is 3.17. The Hall–Kier alpha value is -1.21. The molecule has 0 fully saturated rings. The Morgan fingerprint density at radius 3 is 2.71 bits per heavy atom. The van der Waals surface area contributed by atoms with Crippen LogP contribution in [0, 0.1) is 6.92 Å². The number of benzene rings is 1. The molecule has 2 N–H and O–H groups in total. The Labute approximate surface area is 129 Å². The summed E-state index contributed by atoms with van der Waals surface area (Å²) in [5.41, 5.74) is 1.26. The molecule has 0 aliphatic heterocycles. The molecule has 114 valence electrons. The van der Waals surface area contributed by atoms with E-state index in [1.54, 1.807) is 30.4 Å². The molecule has 0 spiro atoms. The first-order chi connectivity index (χ1) is 9.92. The quantitative estimate of drug-likeness (QED) is 0.857. The molecule has 0 aliphatic rings. The van der Waals surface area contributed by atoms with Gasteiger partial charge in [0.05, 0.1) is 11.5 Å². The second-order valence-electron chi connectivity index (χ2n) is 5.06. The van der Waals surface area contributed by atoms with E-state index in [2.05, 4.69) is 4.72 Å². The molecule has 2 rings (SSSR count). The Morgan fingerprint density at radius 2 is 2.10 bits per heavy atom. The predicted octanol–water partition coefficient (Wildman–Crippen LogP) is 2.46. The van der Waals surface area contributed by atoms with Gasteiger partial charge in [-0.1, -0.05) is 18.2 Å². The first-order valence-electron chi connectivity index (χ1n) is 6.67. The molecule has 0 radical (unpaired) electrons. The molecule has 21 heavy (non-hydrogen) atoms. The van der Waals surface area contributed by atoms with Gasteiger partial charge in [0.1, 0.15) is 0 Å². The number of thiophene rings is 1. The molecule has 1 aromatic carbocycles. The molecule has 2 aromatic rings. The Balaban J connectivity index is 2.18. The lowest BCUT2D eigenvalue weighted by Gasteiger charge is -2.15. The van der Waals surface area contributed by atoms with Crippen LogP contribution < -0.4 is 4.72 Å². The maximum atomic E-state index is 12.5. The summed E-state index contributed by atoms with van der Waals surface area (Å²) in [4.78, 5) is 1.37. The molecular weight excluding hydrogens is 306 g/mol. The van der Waals surface area contributed by atoms with E-state index >= 15 is 0 Å². The number of aliphatic hydroxyl groups excluding tert-OH is 1.